The zero-order chi connectivity index (χ0) is 31.9. The fourth-order valence-electron chi connectivity index (χ4n) is 5.77. The van der Waals surface area contributed by atoms with Crippen molar-refractivity contribution in [2.24, 2.45) is 0 Å². The van der Waals surface area contributed by atoms with Crippen molar-refractivity contribution >= 4 is 65.7 Å². The molecule has 1 aliphatic heterocycles. The number of carbonyl (C=O) groups is 2. The smallest absolute Gasteiger partial charge is 0.298 e. The Kier molecular flexibility index (Phi) is 8.35. The van der Waals surface area contributed by atoms with Gasteiger partial charge in [0.1, 0.15) is 17.0 Å². The molecule has 0 bridgehead atoms. The normalized spacial score (nSPS) is 14.7. The maximum atomic E-state index is 12.5. The summed E-state index contributed by atoms with van der Waals surface area (Å²) in [5.41, 5.74) is 2.22. The van der Waals surface area contributed by atoms with Gasteiger partial charge < -0.3 is 13.9 Å². The molecule has 0 radical (unpaired) electrons. The number of benzene rings is 3. The zero-order valence-corrected chi connectivity index (χ0v) is 25.8. The highest BCUT2D eigenvalue weighted by molar-refractivity contribution is 7.86. The molecule has 0 aliphatic carbocycles. The number of Topliss-reactive ketones (excluding diaryl/α,β-unsaturated/α-hetero) is 1. The molecule has 232 valence electrons. The zero-order valence-electron chi connectivity index (χ0n) is 24.1. The number of allylic oxidation sites excluding steroid dienone is 1. The van der Waals surface area contributed by atoms with E-state index in [2.05, 4.69) is 11.6 Å². The molecule has 2 N–H and O–H groups in total. The van der Waals surface area contributed by atoms with Crippen LogP contribution in [0.4, 0.5) is 0 Å². The molecule has 2 aromatic heterocycles. The number of carbonyl (C=O) groups excluding carboxylic acids is 2. The summed E-state index contributed by atoms with van der Waals surface area (Å²) in [6.45, 7) is 4.48. The van der Waals surface area contributed by atoms with Crippen molar-refractivity contribution in [3.8, 4) is 11.6 Å². The summed E-state index contributed by atoms with van der Waals surface area (Å²) < 4.78 is 64.1. The average molecular weight is 649 g/mol. The first-order valence-corrected chi connectivity index (χ1v) is 16.9. The third kappa shape index (κ3) is 6.16. The van der Waals surface area contributed by atoms with E-state index >= 15 is 0 Å². The molecule has 0 spiro atoms. The van der Waals surface area contributed by atoms with Crippen LogP contribution in [0.2, 0.25) is 0 Å². The molecule has 5 aromatic rings. The van der Waals surface area contributed by atoms with Gasteiger partial charge in [0.2, 0.25) is 11.4 Å². The Hall–Kier alpha value is -4.30. The van der Waals surface area contributed by atoms with Crippen LogP contribution in [0.25, 0.3) is 44.4 Å². The molecular weight excluding hydrogens is 618 g/mol. The van der Waals surface area contributed by atoms with Crippen molar-refractivity contribution in [2.75, 3.05) is 6.54 Å². The van der Waals surface area contributed by atoms with Crippen LogP contribution in [0.1, 0.15) is 38.5 Å². The first kappa shape index (κ1) is 30.7. The first-order valence-electron chi connectivity index (χ1n) is 14.4. The van der Waals surface area contributed by atoms with Gasteiger partial charge in [0, 0.05) is 47.9 Å². The fraction of sp³-hybridized carbons (Fsp3) is 0.250. The van der Waals surface area contributed by atoms with E-state index in [1.165, 1.54) is 23.1 Å². The number of amides is 1. The molecular formula is C32H30N3O8S2+. The summed E-state index contributed by atoms with van der Waals surface area (Å²) in [6, 6.07) is 17.1. The third-order valence-corrected chi connectivity index (χ3v) is 9.55. The lowest BCUT2D eigenvalue weighted by Gasteiger charge is -2.15. The molecule has 6 rings (SSSR count). The number of pyridine rings is 1. The van der Waals surface area contributed by atoms with Gasteiger partial charge in [-0.15, -0.1) is 0 Å². The van der Waals surface area contributed by atoms with Gasteiger partial charge in [0.25, 0.3) is 21.7 Å². The Balaban J connectivity index is 1.31. The van der Waals surface area contributed by atoms with E-state index < -0.39 is 26.1 Å². The van der Waals surface area contributed by atoms with E-state index in [0.717, 1.165) is 23.7 Å². The van der Waals surface area contributed by atoms with Crippen molar-refractivity contribution in [2.45, 2.75) is 54.9 Å². The predicted octanol–water partition coefficient (Wildman–Crippen LogP) is 5.18. The summed E-state index contributed by atoms with van der Waals surface area (Å²) in [5.74, 6) is 0.0692. The Labute approximate surface area is 261 Å². The quantitative estimate of drug-likeness (QED) is 0.0852. The summed E-state index contributed by atoms with van der Waals surface area (Å²) in [4.78, 5) is 30.2. The minimum absolute atomic E-state index is 0.00408. The van der Waals surface area contributed by atoms with E-state index in [-0.39, 0.29) is 40.1 Å². The van der Waals surface area contributed by atoms with Crippen LogP contribution >= 0.6 is 0 Å². The number of unbranched alkanes of at least 4 members (excludes halogenated alkanes) is 2. The topological polar surface area (TPSA) is 159 Å². The molecule has 1 atom stereocenters. The number of fused-ring (bicyclic) bond motifs is 4. The van der Waals surface area contributed by atoms with E-state index in [0.29, 0.717) is 54.4 Å². The number of hydrogen-bond acceptors (Lipinski definition) is 7. The maximum absolute atomic E-state index is 12.5. The van der Waals surface area contributed by atoms with Crippen LogP contribution in [0.3, 0.4) is 0 Å². The minimum Gasteiger partial charge on any atom is -0.430 e. The molecule has 1 aliphatic rings. The summed E-state index contributed by atoms with van der Waals surface area (Å²) >= 11 is -2.30. The van der Waals surface area contributed by atoms with Crippen LogP contribution in [0.15, 0.2) is 87.1 Å². The third-order valence-electron chi connectivity index (χ3n) is 8.04. The van der Waals surface area contributed by atoms with E-state index in [1.54, 1.807) is 6.07 Å². The van der Waals surface area contributed by atoms with Crippen molar-refractivity contribution < 1.29 is 40.3 Å². The van der Waals surface area contributed by atoms with Crippen molar-refractivity contribution in [1.82, 2.24) is 9.88 Å². The molecule has 1 unspecified atom stereocenters. The molecule has 3 aromatic carbocycles. The van der Waals surface area contributed by atoms with Crippen LogP contribution in [0.5, 0.6) is 0 Å². The van der Waals surface area contributed by atoms with Gasteiger partial charge in [-0.3, -0.25) is 14.1 Å². The van der Waals surface area contributed by atoms with Crippen LogP contribution < -0.4 is 4.57 Å². The summed E-state index contributed by atoms with van der Waals surface area (Å²) in [5, 5.41) is 1.75. The number of aryl methyl sites for hydroxylation is 1. The first-order chi connectivity index (χ1) is 21.5. The number of likely N-dealkylation sites (tertiary alicyclic amines) is 1. The SMILES string of the molecule is C=C1CCC(=O)N1CC(=O)CCCCC[n+]1c(-c2nc3c(o2)c(S(=O)(=O)O)cc2cc(S(=O)O)ccc23)ccc2ccccc21. The van der Waals surface area contributed by atoms with E-state index in [1.807, 2.05) is 41.0 Å². The van der Waals surface area contributed by atoms with Gasteiger partial charge in [-0.2, -0.15) is 13.0 Å². The van der Waals surface area contributed by atoms with Gasteiger partial charge >= 0.3 is 0 Å². The number of ketones is 1. The Morgan fingerprint density at radius 3 is 2.58 bits per heavy atom. The second-order valence-corrected chi connectivity index (χ2v) is 13.4. The van der Waals surface area contributed by atoms with Crippen molar-refractivity contribution in [3.63, 3.8) is 0 Å². The van der Waals surface area contributed by atoms with E-state index in [4.69, 9.17) is 4.42 Å². The number of aromatic nitrogens is 2. The molecule has 11 nitrogen and oxygen atoms in total. The standard InChI is InChI=1S/C32H29N3O8S2/c1-20-10-15-29(37)35(20)19-23(36)8-3-2-6-16-34-26-9-5-4-7-21(26)11-14-27(34)32-33-30-25-13-12-24(44(38)39)17-22(25)18-28(31(30)43-32)45(40,41)42/h4-5,7,9,11-14,17-18H,1-3,6,8,10,15-16,19H2,(H-,38,39,40,41,42)/p+1. The summed E-state index contributed by atoms with van der Waals surface area (Å²) in [6.07, 6.45) is 3.46. The largest absolute Gasteiger partial charge is 0.430 e. The molecule has 1 saturated heterocycles. The maximum Gasteiger partial charge on any atom is 0.298 e. The van der Waals surface area contributed by atoms with Gasteiger partial charge in [0.15, 0.2) is 22.4 Å². The molecule has 3 heterocycles. The molecule has 45 heavy (non-hydrogen) atoms. The number of nitrogens with zero attached hydrogens (tertiary/aromatic N) is 3. The van der Waals surface area contributed by atoms with Crippen molar-refractivity contribution in [1.29, 1.82) is 0 Å². The van der Waals surface area contributed by atoms with E-state index in [9.17, 15) is 31.3 Å². The number of hydrogen-bond donors (Lipinski definition) is 2. The Morgan fingerprint density at radius 1 is 1.04 bits per heavy atom. The second-order valence-electron chi connectivity index (χ2n) is 11.0. The molecule has 13 heteroatoms. The van der Waals surface area contributed by atoms with Gasteiger partial charge in [-0.1, -0.05) is 24.8 Å². The van der Waals surface area contributed by atoms with Gasteiger partial charge in [-0.05, 0) is 55.0 Å². The highest BCUT2D eigenvalue weighted by Gasteiger charge is 2.28. The lowest BCUT2D eigenvalue weighted by molar-refractivity contribution is -0.661. The molecule has 1 amide bonds. The molecule has 1 fully saturated rings. The lowest BCUT2D eigenvalue weighted by Crippen LogP contribution is -2.37. The number of para-hydroxylation sites is 1. The second kappa shape index (κ2) is 12.2. The monoisotopic (exact) mass is 648 g/mol. The van der Waals surface area contributed by atoms with Crippen molar-refractivity contribution in [3.05, 3.63) is 72.9 Å². The van der Waals surface area contributed by atoms with Gasteiger partial charge in [0.05, 0.1) is 11.4 Å². The van der Waals surface area contributed by atoms with Crippen LogP contribution in [-0.2, 0) is 37.3 Å². The fourth-order valence-corrected chi connectivity index (χ4v) is 6.84. The predicted molar refractivity (Wildman–Crippen MR) is 167 cm³/mol. The van der Waals surface area contributed by atoms with Gasteiger partial charge in [-0.25, -0.2) is 9.19 Å². The Morgan fingerprint density at radius 2 is 1.84 bits per heavy atom. The average Bonchev–Trinajstić information content (AvgIpc) is 3.59. The lowest BCUT2D eigenvalue weighted by atomic mass is 10.1. The Bertz CT molecular complexity index is 2140. The van der Waals surface area contributed by atoms with Crippen LogP contribution in [-0.4, -0.2) is 49.9 Å². The number of rotatable bonds is 11. The highest BCUT2D eigenvalue weighted by atomic mass is 32.2. The van der Waals surface area contributed by atoms with Crippen LogP contribution in [0, 0.1) is 0 Å². The molecule has 0 saturated carbocycles. The highest BCUT2D eigenvalue weighted by Crippen LogP contribution is 2.35. The summed E-state index contributed by atoms with van der Waals surface area (Å²) in [7, 11) is -4.74. The number of oxazole rings is 1. The minimum atomic E-state index is -4.74.